The van der Waals surface area contributed by atoms with E-state index in [4.69, 9.17) is 5.26 Å². The molecule has 0 spiro atoms. The molecule has 0 aliphatic carbocycles. The number of hydrogen-bond donors (Lipinski definition) is 0. The van der Waals surface area contributed by atoms with Crippen LogP contribution in [0.2, 0.25) is 0 Å². The van der Waals surface area contributed by atoms with Gasteiger partial charge in [0.2, 0.25) is 0 Å². The molecule has 0 amide bonds. The van der Waals surface area contributed by atoms with Gasteiger partial charge < -0.3 is 0 Å². The Labute approximate surface area is 117 Å². The minimum atomic E-state index is -4.61. The van der Waals surface area contributed by atoms with Gasteiger partial charge in [-0.15, -0.1) is 0 Å². The van der Waals surface area contributed by atoms with Gasteiger partial charge in [0.05, 0.1) is 22.8 Å². The van der Waals surface area contributed by atoms with Crippen LogP contribution >= 0.6 is 0 Å². The van der Waals surface area contributed by atoms with Gasteiger partial charge in [-0.3, -0.25) is 0 Å². The number of halogens is 5. The molecule has 0 aromatic heterocycles. The lowest BCUT2D eigenvalue weighted by atomic mass is 9.98. The normalized spacial score (nSPS) is 11.3. The molecule has 0 bridgehead atoms. The SMILES string of the molecule is Cc1cc(-c2c(F)cc(C#N)cc2F)cc(C(F)(F)F)c1. The summed E-state index contributed by atoms with van der Waals surface area (Å²) < 4.78 is 66.0. The van der Waals surface area contributed by atoms with Gasteiger partial charge in [-0.25, -0.2) is 8.78 Å². The molecule has 0 saturated carbocycles. The Bertz CT molecular complexity index is 718. The first-order valence-corrected chi connectivity index (χ1v) is 5.81. The highest BCUT2D eigenvalue weighted by Gasteiger charge is 2.31. The zero-order valence-corrected chi connectivity index (χ0v) is 10.7. The summed E-state index contributed by atoms with van der Waals surface area (Å²) in [7, 11) is 0. The molecular formula is C15H8F5N. The summed E-state index contributed by atoms with van der Waals surface area (Å²) in [6, 6.07) is 5.97. The van der Waals surface area contributed by atoms with Crippen molar-refractivity contribution in [1.29, 1.82) is 5.26 Å². The maximum atomic E-state index is 13.9. The minimum absolute atomic E-state index is 0.221. The van der Waals surface area contributed by atoms with Crippen LogP contribution in [-0.4, -0.2) is 0 Å². The number of hydrogen-bond acceptors (Lipinski definition) is 1. The van der Waals surface area contributed by atoms with Gasteiger partial charge in [0.15, 0.2) is 0 Å². The second-order valence-corrected chi connectivity index (χ2v) is 4.51. The van der Waals surface area contributed by atoms with Crippen molar-refractivity contribution in [1.82, 2.24) is 0 Å². The fourth-order valence-electron chi connectivity index (χ4n) is 2.00. The first-order valence-electron chi connectivity index (χ1n) is 5.81. The van der Waals surface area contributed by atoms with E-state index in [0.717, 1.165) is 18.2 Å². The Morgan fingerprint density at radius 1 is 0.952 bits per heavy atom. The lowest BCUT2D eigenvalue weighted by Gasteiger charge is -2.12. The highest BCUT2D eigenvalue weighted by Crippen LogP contribution is 2.35. The monoisotopic (exact) mass is 297 g/mol. The second-order valence-electron chi connectivity index (χ2n) is 4.51. The summed E-state index contributed by atoms with van der Waals surface area (Å²) in [5.74, 6) is -2.16. The van der Waals surface area contributed by atoms with Crippen LogP contribution in [0, 0.1) is 29.9 Å². The lowest BCUT2D eigenvalue weighted by molar-refractivity contribution is -0.137. The smallest absolute Gasteiger partial charge is 0.206 e. The summed E-state index contributed by atoms with van der Waals surface area (Å²) in [4.78, 5) is 0. The standard InChI is InChI=1S/C15H8F5N/c1-8-2-10(6-11(3-8)15(18,19)20)14-12(16)4-9(7-21)5-13(14)17/h2-6H,1H3. The zero-order chi connectivity index (χ0) is 15.8. The molecule has 2 aromatic rings. The molecule has 108 valence electrons. The Morgan fingerprint density at radius 3 is 2.00 bits per heavy atom. The summed E-state index contributed by atoms with van der Waals surface area (Å²) in [6.45, 7) is 1.40. The van der Waals surface area contributed by atoms with Crippen molar-refractivity contribution < 1.29 is 22.0 Å². The fourth-order valence-corrected chi connectivity index (χ4v) is 2.00. The first kappa shape index (κ1) is 15.0. The van der Waals surface area contributed by atoms with Crippen molar-refractivity contribution in [3.8, 4) is 17.2 Å². The molecule has 0 atom stereocenters. The number of aryl methyl sites for hydroxylation is 1. The third kappa shape index (κ3) is 3.02. The number of alkyl halides is 3. The topological polar surface area (TPSA) is 23.8 Å². The molecule has 0 heterocycles. The molecule has 0 fully saturated rings. The Balaban J connectivity index is 2.69. The van der Waals surface area contributed by atoms with E-state index in [2.05, 4.69) is 0 Å². The first-order chi connectivity index (χ1) is 9.72. The van der Waals surface area contributed by atoms with E-state index in [1.165, 1.54) is 13.0 Å². The molecule has 2 aromatic carbocycles. The molecule has 0 N–H and O–H groups in total. The van der Waals surface area contributed by atoms with E-state index in [-0.39, 0.29) is 16.7 Å². The van der Waals surface area contributed by atoms with Crippen molar-refractivity contribution >= 4 is 0 Å². The molecule has 0 unspecified atom stereocenters. The molecule has 1 nitrogen and oxygen atoms in total. The van der Waals surface area contributed by atoms with Gasteiger partial charge in [-0.05, 0) is 42.3 Å². The predicted octanol–water partition coefficient (Wildman–Crippen LogP) is 4.83. The highest BCUT2D eigenvalue weighted by molar-refractivity contribution is 5.67. The van der Waals surface area contributed by atoms with Crippen LogP contribution in [0.3, 0.4) is 0 Å². The molecule has 21 heavy (non-hydrogen) atoms. The zero-order valence-electron chi connectivity index (χ0n) is 10.7. The van der Waals surface area contributed by atoms with Crippen LogP contribution < -0.4 is 0 Å². The van der Waals surface area contributed by atoms with Crippen molar-refractivity contribution in [2.24, 2.45) is 0 Å². The van der Waals surface area contributed by atoms with E-state index in [1.54, 1.807) is 6.07 Å². The van der Waals surface area contributed by atoms with Gasteiger partial charge in [-0.1, -0.05) is 6.07 Å². The van der Waals surface area contributed by atoms with E-state index in [0.29, 0.717) is 6.07 Å². The van der Waals surface area contributed by atoms with Gasteiger partial charge in [0, 0.05) is 0 Å². The highest BCUT2D eigenvalue weighted by atomic mass is 19.4. The van der Waals surface area contributed by atoms with Crippen molar-refractivity contribution in [3.05, 3.63) is 58.7 Å². The summed E-state index contributed by atoms with van der Waals surface area (Å²) in [5.41, 5.74) is -1.80. The van der Waals surface area contributed by atoms with Crippen LogP contribution in [0.5, 0.6) is 0 Å². The third-order valence-corrected chi connectivity index (χ3v) is 2.86. The van der Waals surface area contributed by atoms with E-state index in [1.807, 2.05) is 0 Å². The molecule has 0 aliphatic heterocycles. The number of nitriles is 1. The van der Waals surface area contributed by atoms with Gasteiger partial charge >= 0.3 is 6.18 Å². The van der Waals surface area contributed by atoms with Crippen LogP contribution in [0.25, 0.3) is 11.1 Å². The van der Waals surface area contributed by atoms with Crippen LogP contribution in [0.4, 0.5) is 22.0 Å². The van der Waals surface area contributed by atoms with Crippen LogP contribution in [-0.2, 0) is 6.18 Å². The third-order valence-electron chi connectivity index (χ3n) is 2.86. The molecule has 0 aliphatic rings. The largest absolute Gasteiger partial charge is 0.416 e. The predicted molar refractivity (Wildman–Crippen MR) is 66.2 cm³/mol. The molecule has 0 saturated heterocycles. The van der Waals surface area contributed by atoms with E-state index >= 15 is 0 Å². The van der Waals surface area contributed by atoms with Crippen molar-refractivity contribution in [3.63, 3.8) is 0 Å². The minimum Gasteiger partial charge on any atom is -0.206 e. The quantitative estimate of drug-likeness (QED) is 0.692. The Morgan fingerprint density at radius 2 is 1.52 bits per heavy atom. The fraction of sp³-hybridized carbons (Fsp3) is 0.133. The Kier molecular flexibility index (Phi) is 3.69. The van der Waals surface area contributed by atoms with E-state index in [9.17, 15) is 22.0 Å². The lowest BCUT2D eigenvalue weighted by Crippen LogP contribution is -2.06. The van der Waals surface area contributed by atoms with E-state index < -0.39 is 28.9 Å². The average molecular weight is 297 g/mol. The number of rotatable bonds is 1. The number of nitrogens with zero attached hydrogens (tertiary/aromatic N) is 1. The number of benzene rings is 2. The van der Waals surface area contributed by atoms with Crippen LogP contribution in [0.1, 0.15) is 16.7 Å². The molecular weight excluding hydrogens is 289 g/mol. The van der Waals surface area contributed by atoms with Gasteiger partial charge in [0.25, 0.3) is 0 Å². The summed E-state index contributed by atoms with van der Waals surface area (Å²) >= 11 is 0. The maximum absolute atomic E-state index is 13.9. The van der Waals surface area contributed by atoms with Crippen molar-refractivity contribution in [2.45, 2.75) is 13.1 Å². The maximum Gasteiger partial charge on any atom is 0.416 e. The average Bonchev–Trinajstić information content (AvgIpc) is 2.36. The Hall–Kier alpha value is -2.42. The van der Waals surface area contributed by atoms with Crippen LogP contribution in [0.15, 0.2) is 30.3 Å². The van der Waals surface area contributed by atoms with Crippen molar-refractivity contribution in [2.75, 3.05) is 0 Å². The molecule has 6 heteroatoms. The van der Waals surface area contributed by atoms with Gasteiger partial charge in [0.1, 0.15) is 11.6 Å². The van der Waals surface area contributed by atoms with Gasteiger partial charge in [-0.2, -0.15) is 18.4 Å². The summed E-state index contributed by atoms with van der Waals surface area (Å²) in [6.07, 6.45) is -4.61. The molecule has 2 rings (SSSR count). The molecule has 0 radical (unpaired) electrons. The second kappa shape index (κ2) is 5.17. The summed E-state index contributed by atoms with van der Waals surface area (Å²) in [5, 5.41) is 8.61.